The lowest BCUT2D eigenvalue weighted by atomic mass is 10.0. The second kappa shape index (κ2) is 9.33. The van der Waals surface area contributed by atoms with Crippen LogP contribution in [0.4, 0.5) is 5.69 Å². The average molecular weight is 457 g/mol. The molecule has 0 bridgehead atoms. The molecule has 8 heteroatoms. The summed E-state index contributed by atoms with van der Waals surface area (Å²) in [6.07, 6.45) is 0.374. The number of morpholine rings is 1. The second-order valence-electron chi connectivity index (χ2n) is 7.97. The molecule has 1 unspecified atom stereocenters. The van der Waals surface area contributed by atoms with E-state index in [4.69, 9.17) is 11.0 Å². The Hall–Kier alpha value is -3.23. The number of carbonyl (C=O) groups excluding carboxylic acids is 3. The summed E-state index contributed by atoms with van der Waals surface area (Å²) in [6, 6.07) is 11.1. The number of nitrogens with one attached hydrogen (secondary N) is 2. The summed E-state index contributed by atoms with van der Waals surface area (Å²) in [7, 11) is 0. The zero-order valence-corrected chi connectivity index (χ0v) is 17.7. The molecule has 0 aromatic heterocycles. The van der Waals surface area contributed by atoms with Gasteiger partial charge >= 0.3 is 0 Å². The zero-order chi connectivity index (χ0) is 30.0. The minimum atomic E-state index is -3.14. The maximum absolute atomic E-state index is 13.1. The number of benzene rings is 2. The smallest absolute Gasteiger partial charge is 0.255 e. The Morgan fingerprint density at radius 3 is 2.64 bits per heavy atom. The summed E-state index contributed by atoms with van der Waals surface area (Å²) < 4.78 is 69.5. The molecule has 3 amide bonds. The molecule has 33 heavy (non-hydrogen) atoms. The number of ether oxygens (including phenoxy) is 1. The first-order chi connectivity index (χ1) is 19.1. The highest BCUT2D eigenvalue weighted by molar-refractivity contribution is 6.06. The number of fused-ring (bicyclic) bond motifs is 1. The number of rotatable bonds is 6. The Morgan fingerprint density at radius 2 is 1.85 bits per heavy atom. The molecule has 0 radical (unpaired) electrons. The number of imide groups is 1. The van der Waals surface area contributed by atoms with Gasteiger partial charge in [-0.2, -0.15) is 0 Å². The van der Waals surface area contributed by atoms with Crippen molar-refractivity contribution in [2.24, 2.45) is 0 Å². The van der Waals surface area contributed by atoms with Crippen molar-refractivity contribution in [2.45, 2.75) is 38.5 Å². The Labute approximate surface area is 204 Å². The summed E-state index contributed by atoms with van der Waals surface area (Å²) in [6.45, 7) is -12.4. The van der Waals surface area contributed by atoms with Gasteiger partial charge in [-0.1, -0.05) is 30.3 Å². The second-order valence-corrected chi connectivity index (χ2v) is 7.97. The molecular formula is C25H28N4O4. The first-order valence-corrected chi connectivity index (χ1v) is 10.6. The molecule has 5 rings (SSSR count). The topological polar surface area (TPSA) is 91.0 Å². The van der Waals surface area contributed by atoms with Gasteiger partial charge in [-0.05, 0) is 29.7 Å². The molecule has 3 aliphatic rings. The fraction of sp³-hybridized carbons (Fsp3) is 0.400. The van der Waals surface area contributed by atoms with E-state index in [1.54, 1.807) is 42.5 Å². The molecule has 2 N–H and O–H groups in total. The third kappa shape index (κ3) is 4.49. The summed E-state index contributed by atoms with van der Waals surface area (Å²) in [5.74, 6) is -1.21. The highest BCUT2D eigenvalue weighted by Gasteiger charge is 2.39. The Morgan fingerprint density at radius 1 is 1.06 bits per heavy atom. The van der Waals surface area contributed by atoms with Crippen LogP contribution in [0.25, 0.3) is 0 Å². The fourth-order valence-corrected chi connectivity index (χ4v) is 4.28. The predicted octanol–water partition coefficient (Wildman–Crippen LogP) is 1.89. The van der Waals surface area contributed by atoms with Crippen LogP contribution in [0.5, 0.6) is 0 Å². The van der Waals surface area contributed by atoms with Crippen LogP contribution in [0, 0.1) is 0 Å². The molecule has 2 aromatic rings. The largest absolute Gasteiger partial charge is 0.381 e. The Kier molecular flexibility index (Phi) is 3.99. The van der Waals surface area contributed by atoms with Crippen molar-refractivity contribution in [3.05, 3.63) is 64.7 Å². The maximum Gasteiger partial charge on any atom is 0.255 e. The molecular weight excluding hydrogens is 420 g/mol. The van der Waals surface area contributed by atoms with Gasteiger partial charge in [0.25, 0.3) is 5.91 Å². The molecule has 3 aliphatic heterocycles. The van der Waals surface area contributed by atoms with Crippen molar-refractivity contribution >= 4 is 23.4 Å². The van der Waals surface area contributed by atoms with Crippen LogP contribution in [0.1, 0.15) is 50.9 Å². The average Bonchev–Trinajstić information content (AvgIpc) is 3.21. The number of nitrogens with zero attached hydrogens (tertiary/aromatic N) is 2. The third-order valence-electron chi connectivity index (χ3n) is 5.96. The van der Waals surface area contributed by atoms with Gasteiger partial charge in [0.1, 0.15) is 6.04 Å². The van der Waals surface area contributed by atoms with E-state index >= 15 is 0 Å². The SMILES string of the molecule is [2H]C1([2H])OC([2H])([2H])C([2H])([2H])N(Cc2ccccc2CNc2cccc3c2CN(C2CCC(=O)NC2=O)C3=O)C1([2H])[2H]. The molecule has 2 aromatic carbocycles. The van der Waals surface area contributed by atoms with Crippen molar-refractivity contribution in [1.82, 2.24) is 15.1 Å². The van der Waals surface area contributed by atoms with Crippen molar-refractivity contribution < 1.29 is 30.1 Å². The van der Waals surface area contributed by atoms with Gasteiger partial charge in [0.15, 0.2) is 0 Å². The standard InChI is InChI=1S/C25H28N4O4/c30-23-9-8-22(24(31)27-23)29-16-20-19(25(29)32)6-3-7-21(20)26-14-17-4-1-2-5-18(17)15-28-10-12-33-13-11-28/h1-7,22,26H,8-16H2,(H,27,30,31)/i10D2,11D2,12D2,13D2. The van der Waals surface area contributed by atoms with Crippen molar-refractivity contribution in [1.29, 1.82) is 0 Å². The van der Waals surface area contributed by atoms with E-state index in [1.165, 1.54) is 4.90 Å². The Bertz CT molecular complexity index is 1390. The maximum atomic E-state index is 13.1. The molecule has 8 nitrogen and oxygen atoms in total. The van der Waals surface area contributed by atoms with Crippen LogP contribution < -0.4 is 10.6 Å². The van der Waals surface area contributed by atoms with E-state index in [2.05, 4.69) is 15.4 Å². The van der Waals surface area contributed by atoms with Crippen LogP contribution in [0.3, 0.4) is 0 Å². The highest BCUT2D eigenvalue weighted by atomic mass is 16.5. The quantitative estimate of drug-likeness (QED) is 0.645. The minimum Gasteiger partial charge on any atom is -0.381 e. The van der Waals surface area contributed by atoms with E-state index in [0.717, 1.165) is 0 Å². The van der Waals surface area contributed by atoms with Crippen LogP contribution in [-0.4, -0.2) is 59.7 Å². The summed E-state index contributed by atoms with van der Waals surface area (Å²) in [5, 5.41) is 5.54. The lowest BCUT2D eigenvalue weighted by Crippen LogP contribution is -2.52. The molecule has 0 saturated carbocycles. The normalized spacial score (nSPS) is 30.8. The lowest BCUT2D eigenvalue weighted by Gasteiger charge is -2.29. The number of piperidine rings is 1. The zero-order valence-electron chi connectivity index (χ0n) is 25.7. The van der Waals surface area contributed by atoms with Crippen molar-refractivity contribution in [3.8, 4) is 0 Å². The van der Waals surface area contributed by atoms with Gasteiger partial charge in [0.05, 0.1) is 18.6 Å². The van der Waals surface area contributed by atoms with E-state index in [9.17, 15) is 14.4 Å². The van der Waals surface area contributed by atoms with E-state index in [1.807, 2.05) is 0 Å². The number of hydrogen-bond acceptors (Lipinski definition) is 6. The van der Waals surface area contributed by atoms with Gasteiger partial charge in [-0.15, -0.1) is 0 Å². The van der Waals surface area contributed by atoms with Crippen LogP contribution in [0.15, 0.2) is 42.5 Å². The molecule has 172 valence electrons. The fourth-order valence-electron chi connectivity index (χ4n) is 4.28. The van der Waals surface area contributed by atoms with Crippen molar-refractivity contribution in [2.75, 3.05) is 31.4 Å². The van der Waals surface area contributed by atoms with Crippen LogP contribution in [0.2, 0.25) is 0 Å². The Balaban J connectivity index is 1.38. The summed E-state index contributed by atoms with van der Waals surface area (Å²) in [5.41, 5.74) is 2.74. The lowest BCUT2D eigenvalue weighted by molar-refractivity contribution is -0.136. The predicted molar refractivity (Wildman–Crippen MR) is 122 cm³/mol. The van der Waals surface area contributed by atoms with Gasteiger partial charge < -0.3 is 15.0 Å². The third-order valence-corrected chi connectivity index (χ3v) is 5.96. The minimum absolute atomic E-state index is 0.139. The number of amides is 3. The van der Waals surface area contributed by atoms with Gasteiger partial charge in [0.2, 0.25) is 11.8 Å². The molecule has 2 saturated heterocycles. The summed E-state index contributed by atoms with van der Waals surface area (Å²) >= 11 is 0. The summed E-state index contributed by atoms with van der Waals surface area (Å²) in [4.78, 5) is 39.0. The first-order valence-electron chi connectivity index (χ1n) is 14.6. The number of anilines is 1. The van der Waals surface area contributed by atoms with E-state index < -0.39 is 44.6 Å². The van der Waals surface area contributed by atoms with E-state index in [-0.39, 0.29) is 37.7 Å². The first kappa shape index (κ1) is 14.1. The van der Waals surface area contributed by atoms with Gasteiger partial charge in [-0.25, -0.2) is 0 Å². The monoisotopic (exact) mass is 456 g/mol. The van der Waals surface area contributed by atoms with Crippen LogP contribution in [-0.2, 0) is 34.0 Å². The molecule has 2 fully saturated rings. The molecule has 1 atom stereocenters. The number of carbonyl (C=O) groups is 3. The number of hydrogen-bond donors (Lipinski definition) is 2. The molecule has 3 heterocycles. The van der Waals surface area contributed by atoms with Gasteiger partial charge in [-0.3, -0.25) is 24.6 Å². The molecule has 0 aliphatic carbocycles. The van der Waals surface area contributed by atoms with Gasteiger partial charge in [0, 0.05) is 61.3 Å². The molecule has 0 spiro atoms. The van der Waals surface area contributed by atoms with Crippen molar-refractivity contribution in [3.63, 3.8) is 0 Å². The highest BCUT2D eigenvalue weighted by Crippen LogP contribution is 2.32. The van der Waals surface area contributed by atoms with Crippen LogP contribution >= 0.6 is 0 Å². The van der Waals surface area contributed by atoms with E-state index in [0.29, 0.717) is 32.8 Å².